The van der Waals surface area contributed by atoms with Crippen molar-refractivity contribution in [2.45, 2.75) is 11.7 Å². The van der Waals surface area contributed by atoms with Gasteiger partial charge in [-0.2, -0.15) is 0 Å². The van der Waals surface area contributed by atoms with E-state index in [1.165, 1.54) is 0 Å². The molecule has 0 bridgehead atoms. The number of thioether (sulfide) groups is 1. The van der Waals surface area contributed by atoms with Crippen LogP contribution in [-0.4, -0.2) is 33.9 Å². The molecule has 1 aromatic carbocycles. The van der Waals surface area contributed by atoms with E-state index in [9.17, 15) is 14.4 Å². The molecule has 2 rings (SSSR count). The van der Waals surface area contributed by atoms with Crippen LogP contribution in [0.4, 0.5) is 5.69 Å². The Bertz CT molecular complexity index is 548. The normalized spacial score (nSPS) is 19.0. The van der Waals surface area contributed by atoms with Gasteiger partial charge in [0.05, 0.1) is 16.7 Å². The molecule has 1 aliphatic heterocycles. The van der Waals surface area contributed by atoms with Crippen LogP contribution in [0.1, 0.15) is 6.42 Å². The minimum absolute atomic E-state index is 0.0398. The van der Waals surface area contributed by atoms with Crippen molar-refractivity contribution < 1.29 is 19.5 Å². The molecule has 0 aliphatic carbocycles. The summed E-state index contributed by atoms with van der Waals surface area (Å²) in [5.74, 6) is -1.85. The van der Waals surface area contributed by atoms with Gasteiger partial charge in [0.25, 0.3) is 0 Å². The molecule has 1 aliphatic rings. The number of rotatable bonds is 4. The number of carboxylic acid groups (broad SMARTS) is 1. The molecule has 100 valence electrons. The predicted octanol–water partition coefficient (Wildman–Crippen LogP) is 1.90. The highest BCUT2D eigenvalue weighted by molar-refractivity contribution is 9.10. The van der Waals surface area contributed by atoms with Crippen LogP contribution < -0.4 is 4.90 Å². The van der Waals surface area contributed by atoms with E-state index < -0.39 is 11.2 Å². The minimum atomic E-state index is -0.996. The Hall–Kier alpha value is -1.34. The summed E-state index contributed by atoms with van der Waals surface area (Å²) in [6.45, 7) is 0. The molecule has 1 N–H and O–H groups in total. The number of benzene rings is 1. The monoisotopic (exact) mass is 343 g/mol. The third-order valence-corrected chi connectivity index (χ3v) is 4.46. The first-order valence-electron chi connectivity index (χ1n) is 5.45. The van der Waals surface area contributed by atoms with Crippen LogP contribution >= 0.6 is 27.7 Å². The van der Waals surface area contributed by atoms with Crippen molar-refractivity contribution in [2.24, 2.45) is 0 Å². The predicted molar refractivity (Wildman–Crippen MR) is 75.1 cm³/mol. The fraction of sp³-hybridized carbons (Fsp3) is 0.250. The smallest absolute Gasteiger partial charge is 0.313 e. The van der Waals surface area contributed by atoms with Crippen LogP contribution in [0.2, 0.25) is 0 Å². The molecule has 0 saturated carbocycles. The van der Waals surface area contributed by atoms with Gasteiger partial charge in [0.1, 0.15) is 0 Å². The van der Waals surface area contributed by atoms with Crippen molar-refractivity contribution in [1.29, 1.82) is 0 Å². The van der Waals surface area contributed by atoms with E-state index in [0.29, 0.717) is 10.2 Å². The summed E-state index contributed by atoms with van der Waals surface area (Å²) in [7, 11) is 0. The Labute approximate surface area is 122 Å². The average molecular weight is 344 g/mol. The molecular weight excluding hydrogens is 334 g/mol. The molecule has 7 heteroatoms. The molecular formula is C12H10BrNO4S. The first kappa shape index (κ1) is 14.1. The zero-order valence-corrected chi connectivity index (χ0v) is 12.1. The third kappa shape index (κ3) is 2.98. The van der Waals surface area contributed by atoms with Crippen molar-refractivity contribution >= 4 is 51.2 Å². The maximum Gasteiger partial charge on any atom is 0.313 e. The third-order valence-electron chi connectivity index (χ3n) is 2.61. The lowest BCUT2D eigenvalue weighted by Gasteiger charge is -2.16. The molecule has 0 spiro atoms. The molecule has 1 unspecified atom stereocenters. The molecule has 2 amide bonds. The number of hydrogen-bond acceptors (Lipinski definition) is 4. The number of hydrogen-bond donors (Lipinski definition) is 1. The summed E-state index contributed by atoms with van der Waals surface area (Å²) in [5.41, 5.74) is 0.496. The van der Waals surface area contributed by atoms with Crippen LogP contribution in [0.25, 0.3) is 0 Å². The number of imide groups is 1. The Kier molecular flexibility index (Phi) is 4.26. The second-order valence-electron chi connectivity index (χ2n) is 3.92. The van der Waals surface area contributed by atoms with Gasteiger partial charge >= 0.3 is 5.97 Å². The quantitative estimate of drug-likeness (QED) is 0.845. The van der Waals surface area contributed by atoms with E-state index in [0.717, 1.165) is 16.7 Å². The number of amides is 2. The summed E-state index contributed by atoms with van der Waals surface area (Å²) < 4.78 is 0.653. The zero-order valence-electron chi connectivity index (χ0n) is 9.71. The molecule has 1 heterocycles. The van der Waals surface area contributed by atoms with Gasteiger partial charge in [0.15, 0.2) is 0 Å². The van der Waals surface area contributed by atoms with Gasteiger partial charge in [0, 0.05) is 10.9 Å². The Morgan fingerprint density at radius 3 is 2.74 bits per heavy atom. The van der Waals surface area contributed by atoms with Crippen molar-refractivity contribution in [2.75, 3.05) is 10.7 Å². The van der Waals surface area contributed by atoms with Crippen LogP contribution in [0.5, 0.6) is 0 Å². The van der Waals surface area contributed by atoms with Crippen LogP contribution in [0.15, 0.2) is 28.7 Å². The minimum Gasteiger partial charge on any atom is -0.481 e. The van der Waals surface area contributed by atoms with E-state index in [4.69, 9.17) is 5.11 Å². The molecule has 19 heavy (non-hydrogen) atoms. The van der Waals surface area contributed by atoms with E-state index in [-0.39, 0.29) is 24.0 Å². The van der Waals surface area contributed by atoms with Crippen molar-refractivity contribution in [3.8, 4) is 0 Å². The highest BCUT2D eigenvalue weighted by atomic mass is 79.9. The standard InChI is InChI=1S/C12H10BrNO4S/c13-7-3-1-2-4-8(7)14-10(15)5-9(12(14)18)19-6-11(16)17/h1-4,9H,5-6H2,(H,16,17). The summed E-state index contributed by atoms with van der Waals surface area (Å²) in [6.07, 6.45) is 0.0398. The van der Waals surface area contributed by atoms with Gasteiger partial charge < -0.3 is 5.11 Å². The van der Waals surface area contributed by atoms with E-state index in [1.807, 2.05) is 0 Å². The molecule has 1 saturated heterocycles. The number of carbonyl (C=O) groups is 3. The van der Waals surface area contributed by atoms with Crippen LogP contribution in [0.3, 0.4) is 0 Å². The van der Waals surface area contributed by atoms with Crippen molar-refractivity contribution in [3.05, 3.63) is 28.7 Å². The Morgan fingerprint density at radius 2 is 2.11 bits per heavy atom. The van der Waals surface area contributed by atoms with Gasteiger partial charge in [-0.25, -0.2) is 4.90 Å². The lowest BCUT2D eigenvalue weighted by molar-refractivity contribution is -0.134. The summed E-state index contributed by atoms with van der Waals surface area (Å²) >= 11 is 4.28. The molecule has 0 radical (unpaired) electrons. The Balaban J connectivity index is 2.19. The van der Waals surface area contributed by atoms with E-state index >= 15 is 0 Å². The molecule has 1 fully saturated rings. The number of aliphatic carboxylic acids is 1. The summed E-state index contributed by atoms with van der Waals surface area (Å²) in [4.78, 5) is 35.7. The van der Waals surface area contributed by atoms with Crippen molar-refractivity contribution in [3.63, 3.8) is 0 Å². The molecule has 1 aromatic rings. The lowest BCUT2D eigenvalue weighted by Crippen LogP contribution is -2.31. The van der Waals surface area contributed by atoms with Gasteiger partial charge in [-0.3, -0.25) is 14.4 Å². The van der Waals surface area contributed by atoms with E-state index in [1.54, 1.807) is 24.3 Å². The first-order chi connectivity index (χ1) is 9.00. The van der Waals surface area contributed by atoms with E-state index in [2.05, 4.69) is 15.9 Å². The lowest BCUT2D eigenvalue weighted by atomic mass is 10.3. The number of nitrogens with zero attached hydrogens (tertiary/aromatic N) is 1. The summed E-state index contributed by atoms with van der Waals surface area (Å²) in [6, 6.07) is 6.94. The first-order valence-corrected chi connectivity index (χ1v) is 7.29. The highest BCUT2D eigenvalue weighted by Gasteiger charge is 2.40. The molecule has 5 nitrogen and oxygen atoms in total. The zero-order chi connectivity index (χ0) is 14.0. The number of halogens is 1. The Morgan fingerprint density at radius 1 is 1.42 bits per heavy atom. The number of para-hydroxylation sites is 1. The number of carbonyl (C=O) groups excluding carboxylic acids is 2. The molecule has 1 atom stereocenters. The fourth-order valence-corrected chi connectivity index (χ4v) is 3.11. The van der Waals surface area contributed by atoms with Crippen LogP contribution in [0, 0.1) is 0 Å². The topological polar surface area (TPSA) is 74.7 Å². The maximum absolute atomic E-state index is 12.2. The number of anilines is 1. The van der Waals surface area contributed by atoms with Gasteiger partial charge in [-0.1, -0.05) is 12.1 Å². The van der Waals surface area contributed by atoms with Gasteiger partial charge in [-0.15, -0.1) is 11.8 Å². The second-order valence-corrected chi connectivity index (χ2v) is 5.96. The van der Waals surface area contributed by atoms with Crippen molar-refractivity contribution in [1.82, 2.24) is 0 Å². The maximum atomic E-state index is 12.2. The number of carboxylic acids is 1. The summed E-state index contributed by atoms with van der Waals surface area (Å²) in [5, 5.41) is 8.00. The fourth-order valence-electron chi connectivity index (χ4n) is 1.79. The second kappa shape index (κ2) is 5.75. The average Bonchev–Trinajstić information content (AvgIpc) is 2.63. The van der Waals surface area contributed by atoms with Crippen LogP contribution in [-0.2, 0) is 14.4 Å². The largest absolute Gasteiger partial charge is 0.481 e. The highest BCUT2D eigenvalue weighted by Crippen LogP contribution is 2.33. The molecule has 0 aromatic heterocycles. The SMILES string of the molecule is O=C(O)CSC1CC(=O)N(c2ccccc2Br)C1=O. The van der Waals surface area contributed by atoms with Gasteiger partial charge in [-0.05, 0) is 28.1 Å². The van der Waals surface area contributed by atoms with Gasteiger partial charge in [0.2, 0.25) is 11.8 Å².